The van der Waals surface area contributed by atoms with E-state index in [-0.39, 0.29) is 22.7 Å². The van der Waals surface area contributed by atoms with Crippen LogP contribution < -0.4 is 4.72 Å². The van der Waals surface area contributed by atoms with Crippen LogP contribution in [0.3, 0.4) is 0 Å². The van der Waals surface area contributed by atoms with Gasteiger partial charge in [0.25, 0.3) is 10.0 Å². The Balaban J connectivity index is 1.75. The van der Waals surface area contributed by atoms with Gasteiger partial charge in [-0.3, -0.25) is 9.40 Å². The average Bonchev–Trinajstić information content (AvgIpc) is 3.02. The molecular weight excluding hydrogens is 365 g/mol. The highest BCUT2D eigenvalue weighted by molar-refractivity contribution is 7.92. The van der Waals surface area contributed by atoms with Gasteiger partial charge in [0.05, 0.1) is 23.3 Å². The van der Waals surface area contributed by atoms with Crippen molar-refractivity contribution in [3.63, 3.8) is 0 Å². The average molecular weight is 387 g/mol. The monoisotopic (exact) mass is 387 g/mol. The molecule has 0 aliphatic carbocycles. The lowest BCUT2D eigenvalue weighted by molar-refractivity contribution is 0.585. The van der Waals surface area contributed by atoms with Gasteiger partial charge in [-0.1, -0.05) is 51.1 Å². The van der Waals surface area contributed by atoms with E-state index in [2.05, 4.69) is 30.6 Å². The summed E-state index contributed by atoms with van der Waals surface area (Å²) in [7, 11) is -3.72. The van der Waals surface area contributed by atoms with Crippen molar-refractivity contribution in [1.82, 2.24) is 9.78 Å². The summed E-state index contributed by atoms with van der Waals surface area (Å²) in [6, 6.07) is 13.2. The Morgan fingerprint density at radius 1 is 1.07 bits per heavy atom. The van der Waals surface area contributed by atoms with Gasteiger partial charge in [0.1, 0.15) is 5.82 Å². The van der Waals surface area contributed by atoms with Crippen molar-refractivity contribution in [2.24, 2.45) is 0 Å². The molecule has 0 fully saturated rings. The molecule has 0 saturated heterocycles. The van der Waals surface area contributed by atoms with Gasteiger partial charge in [0.15, 0.2) is 0 Å². The Morgan fingerprint density at radius 2 is 1.74 bits per heavy atom. The van der Waals surface area contributed by atoms with Crippen LogP contribution in [-0.2, 0) is 22.0 Å². The van der Waals surface area contributed by atoms with Crippen LogP contribution in [0, 0.1) is 5.82 Å². The zero-order chi connectivity index (χ0) is 19.7. The zero-order valence-corrected chi connectivity index (χ0v) is 16.3. The first-order chi connectivity index (χ1) is 12.6. The van der Waals surface area contributed by atoms with E-state index in [9.17, 15) is 12.8 Å². The molecule has 1 heterocycles. The number of halogens is 1. The normalized spacial score (nSPS) is 12.1. The summed E-state index contributed by atoms with van der Waals surface area (Å²) in [4.78, 5) is 0.178. The number of nitrogens with zero attached hydrogens (tertiary/aromatic N) is 2. The second kappa shape index (κ2) is 7.15. The molecule has 0 amide bonds. The van der Waals surface area contributed by atoms with Crippen molar-refractivity contribution in [3.8, 4) is 0 Å². The number of rotatable bonds is 5. The molecule has 0 radical (unpaired) electrons. The lowest BCUT2D eigenvalue weighted by atomic mass is 9.87. The molecule has 3 aromatic rings. The highest BCUT2D eigenvalue weighted by Gasteiger charge is 2.18. The summed E-state index contributed by atoms with van der Waals surface area (Å²) in [5.74, 6) is -0.325. The number of sulfonamides is 1. The standard InChI is InChI=1S/C20H22FN3O2S/c1-20(2,3)16-8-10-18(11-9-16)27(25,26)23-17-12-22-24(14-17)13-15-6-4-5-7-19(15)21/h4-12,14,23H,13H2,1-3H3. The molecule has 7 heteroatoms. The molecule has 1 N–H and O–H groups in total. The minimum atomic E-state index is -3.72. The van der Waals surface area contributed by atoms with Crippen molar-refractivity contribution < 1.29 is 12.8 Å². The summed E-state index contributed by atoms with van der Waals surface area (Å²) >= 11 is 0. The Hall–Kier alpha value is -2.67. The van der Waals surface area contributed by atoms with Gasteiger partial charge >= 0.3 is 0 Å². The topological polar surface area (TPSA) is 64.0 Å². The summed E-state index contributed by atoms with van der Waals surface area (Å²) in [5, 5.41) is 4.10. The predicted octanol–water partition coefficient (Wildman–Crippen LogP) is 4.17. The lowest BCUT2D eigenvalue weighted by Gasteiger charge is -2.19. The Morgan fingerprint density at radius 3 is 2.37 bits per heavy atom. The van der Waals surface area contributed by atoms with Gasteiger partial charge in [0, 0.05) is 11.8 Å². The highest BCUT2D eigenvalue weighted by Crippen LogP contribution is 2.24. The minimum Gasteiger partial charge on any atom is -0.276 e. The van der Waals surface area contributed by atoms with E-state index in [0.717, 1.165) is 5.56 Å². The van der Waals surface area contributed by atoms with Crippen molar-refractivity contribution in [2.75, 3.05) is 4.72 Å². The molecule has 0 aliphatic heterocycles. The van der Waals surface area contributed by atoms with Crippen LogP contribution in [0.4, 0.5) is 10.1 Å². The Kier molecular flexibility index (Phi) is 5.06. The predicted molar refractivity (Wildman–Crippen MR) is 104 cm³/mol. The molecule has 27 heavy (non-hydrogen) atoms. The van der Waals surface area contributed by atoms with Gasteiger partial charge < -0.3 is 0 Å². The molecule has 0 saturated carbocycles. The smallest absolute Gasteiger partial charge is 0.261 e. The molecule has 0 unspecified atom stereocenters. The summed E-state index contributed by atoms with van der Waals surface area (Å²) in [6.07, 6.45) is 2.94. The lowest BCUT2D eigenvalue weighted by Crippen LogP contribution is -2.14. The number of hydrogen-bond donors (Lipinski definition) is 1. The first-order valence-electron chi connectivity index (χ1n) is 8.54. The fourth-order valence-corrected chi connectivity index (χ4v) is 3.68. The van der Waals surface area contributed by atoms with Gasteiger partial charge in [-0.25, -0.2) is 12.8 Å². The quantitative estimate of drug-likeness (QED) is 0.715. The fourth-order valence-electron chi connectivity index (χ4n) is 2.65. The Labute approximate surface area is 158 Å². The maximum absolute atomic E-state index is 13.7. The van der Waals surface area contributed by atoms with Crippen LogP contribution in [0.5, 0.6) is 0 Å². The number of anilines is 1. The fraction of sp³-hybridized carbons (Fsp3) is 0.250. The number of aromatic nitrogens is 2. The second-order valence-electron chi connectivity index (χ2n) is 7.40. The van der Waals surface area contributed by atoms with Crippen LogP contribution in [0.2, 0.25) is 0 Å². The third-order valence-corrected chi connectivity index (χ3v) is 5.60. The third kappa shape index (κ3) is 4.54. The molecule has 2 aromatic carbocycles. The molecule has 0 aliphatic rings. The number of nitrogens with one attached hydrogen (secondary N) is 1. The third-order valence-electron chi connectivity index (χ3n) is 4.21. The SMILES string of the molecule is CC(C)(C)c1ccc(S(=O)(=O)Nc2cnn(Cc3ccccc3F)c2)cc1. The van der Waals surface area contributed by atoms with E-state index in [1.807, 2.05) is 12.1 Å². The van der Waals surface area contributed by atoms with E-state index in [0.29, 0.717) is 11.3 Å². The van der Waals surface area contributed by atoms with Gasteiger partial charge in [-0.2, -0.15) is 5.10 Å². The van der Waals surface area contributed by atoms with Gasteiger partial charge in [-0.15, -0.1) is 0 Å². The first-order valence-corrected chi connectivity index (χ1v) is 10.0. The molecule has 142 valence electrons. The van der Waals surface area contributed by atoms with Crippen molar-refractivity contribution in [1.29, 1.82) is 0 Å². The van der Waals surface area contributed by atoms with E-state index in [4.69, 9.17) is 0 Å². The van der Waals surface area contributed by atoms with Crippen LogP contribution in [-0.4, -0.2) is 18.2 Å². The number of hydrogen-bond acceptors (Lipinski definition) is 3. The first kappa shape index (κ1) is 19.1. The summed E-state index contributed by atoms with van der Waals surface area (Å²) in [6.45, 7) is 6.42. The van der Waals surface area contributed by atoms with Crippen molar-refractivity contribution in [3.05, 3.63) is 77.9 Å². The van der Waals surface area contributed by atoms with Crippen LogP contribution >= 0.6 is 0 Å². The van der Waals surface area contributed by atoms with Crippen molar-refractivity contribution in [2.45, 2.75) is 37.6 Å². The second-order valence-corrected chi connectivity index (χ2v) is 9.08. The van der Waals surface area contributed by atoms with Crippen LogP contribution in [0.1, 0.15) is 31.9 Å². The maximum Gasteiger partial charge on any atom is 0.261 e. The van der Waals surface area contributed by atoms with Gasteiger partial charge in [-0.05, 0) is 29.2 Å². The van der Waals surface area contributed by atoms with Crippen LogP contribution in [0.25, 0.3) is 0 Å². The highest BCUT2D eigenvalue weighted by atomic mass is 32.2. The molecule has 0 atom stereocenters. The molecular formula is C20H22FN3O2S. The van der Waals surface area contributed by atoms with Gasteiger partial charge in [0.2, 0.25) is 0 Å². The maximum atomic E-state index is 13.7. The number of benzene rings is 2. The van der Waals surface area contributed by atoms with Crippen molar-refractivity contribution >= 4 is 15.7 Å². The molecule has 0 spiro atoms. The molecule has 3 rings (SSSR count). The summed E-state index contributed by atoms with van der Waals surface area (Å²) < 4.78 is 42.9. The largest absolute Gasteiger partial charge is 0.276 e. The molecule has 0 bridgehead atoms. The summed E-state index contributed by atoms with van der Waals surface area (Å²) in [5.41, 5.74) is 1.81. The van der Waals surface area contributed by atoms with Crippen LogP contribution in [0.15, 0.2) is 65.8 Å². The Bertz CT molecular complexity index is 1040. The molecule has 1 aromatic heterocycles. The van der Waals surface area contributed by atoms with E-state index in [1.165, 1.54) is 23.1 Å². The zero-order valence-electron chi connectivity index (χ0n) is 15.5. The van der Waals surface area contributed by atoms with E-state index >= 15 is 0 Å². The minimum absolute atomic E-state index is 0.0520. The molecule has 5 nitrogen and oxygen atoms in total. The van der Waals surface area contributed by atoms with E-state index in [1.54, 1.807) is 30.3 Å². The van der Waals surface area contributed by atoms with E-state index < -0.39 is 10.0 Å².